The van der Waals surface area contributed by atoms with Gasteiger partial charge < -0.3 is 20.5 Å². The van der Waals surface area contributed by atoms with Gasteiger partial charge in [0.1, 0.15) is 5.75 Å². The van der Waals surface area contributed by atoms with Gasteiger partial charge in [0.25, 0.3) is 0 Å². The van der Waals surface area contributed by atoms with Crippen LogP contribution in [0.4, 0.5) is 0 Å². The molecular formula is C17H25ClN2O3. The molecule has 1 saturated carbocycles. The zero-order valence-electron chi connectivity index (χ0n) is 13.4. The van der Waals surface area contributed by atoms with E-state index in [4.69, 9.17) is 15.2 Å². The molecule has 0 saturated heterocycles. The van der Waals surface area contributed by atoms with E-state index in [1.54, 1.807) is 7.11 Å². The van der Waals surface area contributed by atoms with Crippen molar-refractivity contribution >= 4 is 18.3 Å². The Morgan fingerprint density at radius 2 is 2.26 bits per heavy atom. The molecule has 23 heavy (non-hydrogen) atoms. The summed E-state index contributed by atoms with van der Waals surface area (Å²) in [6, 6.07) is 6.17. The standard InChI is InChI=1S/C17H24N2O3.ClH/c1-21-16-9-13(3-4-14(16)18)17(20)19-10-11-2-5-15-12(8-11)6-7-22-15;/h2,5,8,13-14,16H,3-4,6-7,9-10,18H2,1H3,(H,19,20);1H/t13-,14+,16+;/m0./s1. The highest BCUT2D eigenvalue weighted by molar-refractivity contribution is 5.85. The minimum absolute atomic E-state index is 0. The van der Waals surface area contributed by atoms with Crippen LogP contribution in [-0.4, -0.2) is 31.8 Å². The molecule has 3 N–H and O–H groups in total. The van der Waals surface area contributed by atoms with Gasteiger partial charge in [-0.1, -0.05) is 12.1 Å². The third kappa shape index (κ3) is 4.16. The average Bonchev–Trinajstić information content (AvgIpc) is 3.00. The molecule has 3 atom stereocenters. The molecule has 1 heterocycles. The molecule has 6 heteroatoms. The summed E-state index contributed by atoms with van der Waals surface area (Å²) >= 11 is 0. The topological polar surface area (TPSA) is 73.6 Å². The highest BCUT2D eigenvalue weighted by atomic mass is 35.5. The summed E-state index contributed by atoms with van der Waals surface area (Å²) in [5.41, 5.74) is 8.35. The van der Waals surface area contributed by atoms with Crippen molar-refractivity contribution in [3.8, 4) is 5.75 Å². The smallest absolute Gasteiger partial charge is 0.223 e. The van der Waals surface area contributed by atoms with E-state index in [0.29, 0.717) is 13.0 Å². The maximum absolute atomic E-state index is 12.3. The van der Waals surface area contributed by atoms with E-state index in [2.05, 4.69) is 11.4 Å². The molecule has 1 aliphatic heterocycles. The molecule has 1 aromatic carbocycles. The molecule has 0 aromatic heterocycles. The number of hydrogen-bond acceptors (Lipinski definition) is 4. The van der Waals surface area contributed by atoms with Crippen LogP contribution in [0, 0.1) is 5.92 Å². The molecule has 0 bridgehead atoms. The number of amides is 1. The SMILES string of the molecule is CO[C@@H]1C[C@@H](C(=O)NCc2ccc3c(c2)CCO3)CC[C@H]1N.Cl. The molecular weight excluding hydrogens is 316 g/mol. The van der Waals surface area contributed by atoms with Gasteiger partial charge in [-0.05, 0) is 36.5 Å². The number of benzene rings is 1. The van der Waals surface area contributed by atoms with E-state index in [9.17, 15) is 4.79 Å². The fourth-order valence-electron chi connectivity index (χ4n) is 3.35. The third-order valence-electron chi connectivity index (χ3n) is 4.74. The zero-order valence-corrected chi connectivity index (χ0v) is 14.2. The molecule has 1 amide bonds. The fraction of sp³-hybridized carbons (Fsp3) is 0.588. The van der Waals surface area contributed by atoms with Crippen LogP contribution < -0.4 is 15.8 Å². The van der Waals surface area contributed by atoms with Gasteiger partial charge >= 0.3 is 0 Å². The molecule has 1 fully saturated rings. The van der Waals surface area contributed by atoms with Gasteiger partial charge in [-0.3, -0.25) is 4.79 Å². The van der Waals surface area contributed by atoms with Crippen molar-refractivity contribution < 1.29 is 14.3 Å². The molecule has 3 rings (SSSR count). The highest BCUT2D eigenvalue weighted by Gasteiger charge is 2.31. The second kappa shape index (κ2) is 7.99. The van der Waals surface area contributed by atoms with Gasteiger partial charge in [-0.15, -0.1) is 12.4 Å². The Kier molecular flexibility index (Phi) is 6.27. The van der Waals surface area contributed by atoms with Crippen LogP contribution in [0.15, 0.2) is 18.2 Å². The van der Waals surface area contributed by atoms with Crippen molar-refractivity contribution in [1.29, 1.82) is 0 Å². The summed E-state index contributed by atoms with van der Waals surface area (Å²) < 4.78 is 10.9. The van der Waals surface area contributed by atoms with Gasteiger partial charge in [0.15, 0.2) is 0 Å². The van der Waals surface area contributed by atoms with Crippen molar-refractivity contribution in [1.82, 2.24) is 5.32 Å². The molecule has 0 spiro atoms. The van der Waals surface area contributed by atoms with E-state index >= 15 is 0 Å². The Labute approximate surface area is 143 Å². The first kappa shape index (κ1) is 18.0. The molecule has 1 aliphatic carbocycles. The second-order valence-electron chi connectivity index (χ2n) is 6.21. The minimum Gasteiger partial charge on any atom is -0.493 e. The number of methoxy groups -OCH3 is 1. The number of rotatable bonds is 4. The summed E-state index contributed by atoms with van der Waals surface area (Å²) in [6.07, 6.45) is 3.33. The van der Waals surface area contributed by atoms with Crippen LogP contribution in [0.5, 0.6) is 5.75 Å². The van der Waals surface area contributed by atoms with E-state index in [1.165, 1.54) is 5.56 Å². The molecule has 0 radical (unpaired) electrons. The maximum Gasteiger partial charge on any atom is 0.223 e. The normalized spacial score (nSPS) is 25.9. The lowest BCUT2D eigenvalue weighted by Crippen LogP contribution is -2.45. The fourth-order valence-corrected chi connectivity index (χ4v) is 3.35. The van der Waals surface area contributed by atoms with E-state index in [-0.39, 0.29) is 36.4 Å². The number of nitrogens with two attached hydrogens (primary N) is 1. The number of carbonyl (C=O) groups is 1. The van der Waals surface area contributed by atoms with Crippen molar-refractivity contribution in [3.05, 3.63) is 29.3 Å². The lowest BCUT2D eigenvalue weighted by Gasteiger charge is -2.32. The van der Waals surface area contributed by atoms with Crippen molar-refractivity contribution in [2.75, 3.05) is 13.7 Å². The Balaban J connectivity index is 0.00000192. The Morgan fingerprint density at radius 1 is 1.43 bits per heavy atom. The number of halogens is 1. The molecule has 128 valence electrons. The minimum atomic E-state index is -0.0124. The second-order valence-corrected chi connectivity index (χ2v) is 6.21. The number of carbonyl (C=O) groups excluding carboxylic acids is 1. The van der Waals surface area contributed by atoms with Gasteiger partial charge in [-0.2, -0.15) is 0 Å². The molecule has 2 aliphatic rings. The highest BCUT2D eigenvalue weighted by Crippen LogP contribution is 2.27. The summed E-state index contributed by atoms with van der Waals surface area (Å²) in [4.78, 5) is 12.3. The summed E-state index contributed by atoms with van der Waals surface area (Å²) in [5.74, 6) is 1.08. The van der Waals surface area contributed by atoms with Crippen molar-refractivity contribution in [2.45, 2.75) is 44.4 Å². The number of hydrogen-bond donors (Lipinski definition) is 2. The first-order chi connectivity index (χ1) is 10.7. The average molecular weight is 341 g/mol. The Hall–Kier alpha value is -1.30. The molecule has 5 nitrogen and oxygen atoms in total. The van der Waals surface area contributed by atoms with E-state index in [1.807, 2.05) is 12.1 Å². The van der Waals surface area contributed by atoms with Crippen LogP contribution in [0.25, 0.3) is 0 Å². The summed E-state index contributed by atoms with van der Waals surface area (Å²) in [5, 5.41) is 3.04. The Morgan fingerprint density at radius 3 is 3.04 bits per heavy atom. The summed E-state index contributed by atoms with van der Waals surface area (Å²) in [6.45, 7) is 1.32. The summed E-state index contributed by atoms with van der Waals surface area (Å²) in [7, 11) is 1.66. The van der Waals surface area contributed by atoms with Crippen LogP contribution in [0.1, 0.15) is 30.4 Å². The first-order valence-electron chi connectivity index (χ1n) is 7.98. The predicted molar refractivity (Wildman–Crippen MR) is 90.8 cm³/mol. The third-order valence-corrected chi connectivity index (χ3v) is 4.74. The molecule has 0 unspecified atom stereocenters. The van der Waals surface area contributed by atoms with Gasteiger partial charge in [0.2, 0.25) is 5.91 Å². The van der Waals surface area contributed by atoms with Crippen LogP contribution in [-0.2, 0) is 22.5 Å². The van der Waals surface area contributed by atoms with Crippen molar-refractivity contribution in [2.24, 2.45) is 11.7 Å². The van der Waals surface area contributed by atoms with Crippen LogP contribution >= 0.6 is 12.4 Å². The molecule has 1 aromatic rings. The quantitative estimate of drug-likeness (QED) is 0.876. The number of fused-ring (bicyclic) bond motifs is 1. The lowest BCUT2D eigenvalue weighted by molar-refractivity contribution is -0.128. The lowest BCUT2D eigenvalue weighted by atomic mass is 9.83. The van der Waals surface area contributed by atoms with Crippen LogP contribution in [0.2, 0.25) is 0 Å². The van der Waals surface area contributed by atoms with Crippen LogP contribution in [0.3, 0.4) is 0 Å². The Bertz CT molecular complexity index is 553. The monoisotopic (exact) mass is 340 g/mol. The predicted octanol–water partition coefficient (Wildman–Crippen LogP) is 1.80. The van der Waals surface area contributed by atoms with Gasteiger partial charge in [-0.25, -0.2) is 0 Å². The van der Waals surface area contributed by atoms with E-state index < -0.39 is 0 Å². The van der Waals surface area contributed by atoms with Gasteiger partial charge in [0, 0.05) is 32.0 Å². The van der Waals surface area contributed by atoms with Gasteiger partial charge in [0.05, 0.1) is 12.7 Å². The first-order valence-corrected chi connectivity index (χ1v) is 7.98. The maximum atomic E-state index is 12.3. The van der Waals surface area contributed by atoms with Crippen molar-refractivity contribution in [3.63, 3.8) is 0 Å². The van der Waals surface area contributed by atoms with E-state index in [0.717, 1.165) is 37.2 Å². The zero-order chi connectivity index (χ0) is 15.5. The largest absolute Gasteiger partial charge is 0.493 e. The number of ether oxygens (including phenoxy) is 2. The number of nitrogens with one attached hydrogen (secondary N) is 1.